The number of hydrogen-bond donors (Lipinski definition) is 1. The summed E-state index contributed by atoms with van der Waals surface area (Å²) < 4.78 is 12.1. The molecule has 0 unspecified atom stereocenters. The van der Waals surface area contributed by atoms with Crippen LogP contribution >= 0.6 is 11.3 Å². The Balaban J connectivity index is 1.16. The van der Waals surface area contributed by atoms with Gasteiger partial charge in [0, 0.05) is 53.6 Å². The van der Waals surface area contributed by atoms with Gasteiger partial charge in [0.05, 0.1) is 28.1 Å². The first-order valence-electron chi connectivity index (χ1n) is 27.7. The number of aryl methyl sites for hydroxylation is 1. The van der Waals surface area contributed by atoms with Crippen molar-refractivity contribution in [3.8, 4) is 28.3 Å². The lowest BCUT2D eigenvalue weighted by molar-refractivity contribution is 0.332. The molecule has 0 radical (unpaired) electrons. The van der Waals surface area contributed by atoms with Crippen molar-refractivity contribution in [2.45, 2.75) is 136 Å². The second kappa shape index (κ2) is 17.1. The molecule has 3 aliphatic rings. The van der Waals surface area contributed by atoms with E-state index in [9.17, 15) is 0 Å². The molecule has 0 fully saturated rings. The average Bonchev–Trinajstić information content (AvgIpc) is 3.98. The van der Waals surface area contributed by atoms with Crippen LogP contribution in [0.4, 0.5) is 28.4 Å². The van der Waals surface area contributed by atoms with Gasteiger partial charge < -0.3 is 19.5 Å². The van der Waals surface area contributed by atoms with Gasteiger partial charge in [0.2, 0.25) is 0 Å². The Morgan fingerprint density at radius 2 is 1.23 bits per heavy atom. The van der Waals surface area contributed by atoms with E-state index in [-0.39, 0.29) is 21.7 Å². The molecule has 0 atom stereocenters. The lowest BCUT2D eigenvalue weighted by Gasteiger charge is -2.41. The fourth-order valence-corrected chi connectivity index (χ4v) is 14.0. The Labute approximate surface area is 449 Å². The number of unbranched alkanes of at least 4 members (excludes halogenated alkanes) is 2. The summed E-state index contributed by atoms with van der Waals surface area (Å²) in [6, 6.07) is 53.8. The maximum atomic E-state index is 6.77. The Morgan fingerprint density at radius 3 is 1.91 bits per heavy atom. The molecule has 4 nitrogen and oxygen atoms in total. The standard InChI is InChI=1S/C69H70BN3OS/c1-12-13-14-19-41-24-28-44(29-25-41)71-53-40-62-46(47-37-50-51(39-61(47)75-62)69(10,11)33-32-68(50,8)9)36-45(53)48-38-58(72-56-20-15-17-22-59(56)74-60-23-18-16-21-57(60)72)63-49-34-42(66(2,3)4)26-30-54(49)73-55-31-27-43(67(5,6)7)35-52(55)70-64(48)65(63)73/h15-18,20-31,34-40,70-71H,12-14,19,32-33H2,1-11H3. The molecule has 6 heteroatoms. The summed E-state index contributed by atoms with van der Waals surface area (Å²) in [5.41, 5.74) is 21.6. The topological polar surface area (TPSA) is 29.4 Å². The van der Waals surface area contributed by atoms with Crippen LogP contribution < -0.4 is 25.9 Å². The van der Waals surface area contributed by atoms with Gasteiger partial charge in [0.1, 0.15) is 0 Å². The molecule has 0 amide bonds. The zero-order valence-corrected chi connectivity index (χ0v) is 46.8. The number of ether oxygens (including phenoxy) is 1. The van der Waals surface area contributed by atoms with E-state index in [4.69, 9.17) is 4.74 Å². The van der Waals surface area contributed by atoms with Gasteiger partial charge in [-0.3, -0.25) is 0 Å². The van der Waals surface area contributed by atoms with E-state index in [0.29, 0.717) is 0 Å². The van der Waals surface area contributed by atoms with Crippen LogP contribution in [0, 0.1) is 0 Å². The number of hydrogen-bond acceptors (Lipinski definition) is 4. The highest BCUT2D eigenvalue weighted by Crippen LogP contribution is 2.55. The smallest absolute Gasteiger partial charge is 0.198 e. The van der Waals surface area contributed by atoms with Crippen LogP contribution in [-0.4, -0.2) is 11.8 Å². The van der Waals surface area contributed by atoms with Gasteiger partial charge in [-0.2, -0.15) is 0 Å². The molecule has 4 heterocycles. The summed E-state index contributed by atoms with van der Waals surface area (Å²) >= 11 is 1.95. The van der Waals surface area contributed by atoms with E-state index >= 15 is 0 Å². The van der Waals surface area contributed by atoms with Crippen molar-refractivity contribution in [3.05, 3.63) is 167 Å². The predicted octanol–water partition coefficient (Wildman–Crippen LogP) is 18.5. The van der Waals surface area contributed by atoms with Crippen molar-refractivity contribution in [3.63, 3.8) is 0 Å². The number of aromatic nitrogens is 1. The van der Waals surface area contributed by atoms with Crippen molar-refractivity contribution >= 4 is 100.0 Å². The minimum atomic E-state index is -0.0549. The number of rotatable bonds is 8. The first-order valence-corrected chi connectivity index (χ1v) is 28.5. The molecule has 0 bridgehead atoms. The first-order chi connectivity index (χ1) is 35.9. The average molecular weight is 1000 g/mol. The number of anilines is 5. The normalized spacial score (nSPS) is 15.4. The van der Waals surface area contributed by atoms with Crippen molar-refractivity contribution < 1.29 is 4.74 Å². The molecule has 0 spiro atoms. The minimum absolute atomic E-state index is 0.00848. The van der Waals surface area contributed by atoms with Gasteiger partial charge in [-0.1, -0.05) is 149 Å². The van der Waals surface area contributed by atoms with Crippen LogP contribution in [0.2, 0.25) is 0 Å². The summed E-state index contributed by atoms with van der Waals surface area (Å²) in [6.45, 7) is 26.1. The number of nitrogens with one attached hydrogen (secondary N) is 1. The molecule has 75 heavy (non-hydrogen) atoms. The zero-order chi connectivity index (χ0) is 51.9. The number of thiophene rings is 1. The highest BCUT2D eigenvalue weighted by molar-refractivity contribution is 7.25. The quantitative estimate of drug-likeness (QED) is 0.122. The van der Waals surface area contributed by atoms with Crippen LogP contribution in [0.15, 0.2) is 140 Å². The van der Waals surface area contributed by atoms with Crippen molar-refractivity contribution in [1.29, 1.82) is 0 Å². The van der Waals surface area contributed by atoms with E-state index in [1.165, 1.54) is 130 Å². The second-order valence-electron chi connectivity index (χ2n) is 25.5. The predicted molar refractivity (Wildman–Crippen MR) is 326 cm³/mol. The number of para-hydroxylation sites is 4. The fraction of sp³-hybridized carbons (Fsp3) is 0.304. The number of nitrogens with zero attached hydrogens (tertiary/aromatic N) is 2. The van der Waals surface area contributed by atoms with Gasteiger partial charge in [-0.25, -0.2) is 0 Å². The third kappa shape index (κ3) is 7.83. The molecule has 10 aromatic rings. The highest BCUT2D eigenvalue weighted by atomic mass is 32.1. The van der Waals surface area contributed by atoms with Crippen LogP contribution in [0.1, 0.15) is 136 Å². The van der Waals surface area contributed by atoms with E-state index < -0.39 is 0 Å². The Kier molecular flexibility index (Phi) is 10.9. The van der Waals surface area contributed by atoms with E-state index in [2.05, 4.69) is 230 Å². The van der Waals surface area contributed by atoms with Crippen LogP contribution in [-0.2, 0) is 28.1 Å². The molecule has 376 valence electrons. The molecular formula is C69H70BN3OS. The molecule has 2 aromatic heterocycles. The van der Waals surface area contributed by atoms with E-state index in [0.717, 1.165) is 53.6 Å². The van der Waals surface area contributed by atoms with Crippen molar-refractivity contribution in [2.24, 2.45) is 0 Å². The third-order valence-corrected chi connectivity index (χ3v) is 18.5. The fourth-order valence-electron chi connectivity index (χ4n) is 12.8. The van der Waals surface area contributed by atoms with E-state index in [1.807, 2.05) is 11.3 Å². The maximum absolute atomic E-state index is 6.77. The van der Waals surface area contributed by atoms with Crippen LogP contribution in [0.5, 0.6) is 11.5 Å². The summed E-state index contributed by atoms with van der Waals surface area (Å²) in [7, 11) is 0.801. The number of fused-ring (bicyclic) bond motifs is 11. The SMILES string of the molecule is CCCCCc1ccc(Nc2cc3sc4cc5c(cc4c3cc2-c2cc(N3c4ccccc4Oc4ccccc43)c3c4cc(C(C)(C)C)ccc4n4c3c2Bc2cc(C(C)(C)C)ccc2-4)C(C)(C)CCC5(C)C)cc1. The van der Waals surface area contributed by atoms with Gasteiger partial charge in [0.25, 0.3) is 0 Å². The molecule has 2 aliphatic heterocycles. The molecule has 1 N–H and O–H groups in total. The summed E-state index contributed by atoms with van der Waals surface area (Å²) in [6.07, 6.45) is 7.18. The second-order valence-corrected chi connectivity index (χ2v) is 26.6. The van der Waals surface area contributed by atoms with Crippen LogP contribution in [0.25, 0.3) is 58.8 Å². The molecule has 8 aromatic carbocycles. The van der Waals surface area contributed by atoms with Gasteiger partial charge in [-0.15, -0.1) is 11.3 Å². The van der Waals surface area contributed by atoms with Crippen molar-refractivity contribution in [1.82, 2.24) is 4.57 Å². The first kappa shape index (κ1) is 47.9. The monoisotopic (exact) mass is 1000 g/mol. The van der Waals surface area contributed by atoms with E-state index in [1.54, 1.807) is 0 Å². The van der Waals surface area contributed by atoms with Gasteiger partial charge >= 0.3 is 0 Å². The molecule has 0 saturated heterocycles. The molecular weight excluding hydrogens is 930 g/mol. The zero-order valence-electron chi connectivity index (χ0n) is 45.9. The third-order valence-electron chi connectivity index (χ3n) is 17.4. The molecule has 1 aliphatic carbocycles. The lowest BCUT2D eigenvalue weighted by Crippen LogP contribution is -2.38. The summed E-state index contributed by atoms with van der Waals surface area (Å²) in [4.78, 5) is 2.50. The Morgan fingerprint density at radius 1 is 0.600 bits per heavy atom. The van der Waals surface area contributed by atoms with Gasteiger partial charge in [0.15, 0.2) is 18.8 Å². The molecule has 0 saturated carbocycles. The van der Waals surface area contributed by atoms with Gasteiger partial charge in [-0.05, 0) is 171 Å². The summed E-state index contributed by atoms with van der Waals surface area (Å²) in [5, 5.41) is 9.32. The largest absolute Gasteiger partial charge is 0.453 e. The minimum Gasteiger partial charge on any atom is -0.453 e. The lowest BCUT2D eigenvalue weighted by atomic mass is 9.58. The van der Waals surface area contributed by atoms with Crippen molar-refractivity contribution in [2.75, 3.05) is 10.2 Å². The highest BCUT2D eigenvalue weighted by Gasteiger charge is 2.39. The maximum Gasteiger partial charge on any atom is 0.198 e. The summed E-state index contributed by atoms with van der Waals surface area (Å²) in [5.74, 6) is 1.70. The Bertz CT molecular complexity index is 3920. The number of benzene rings is 8. The molecule has 13 rings (SSSR count). The Hall–Kier alpha value is -6.76. The van der Waals surface area contributed by atoms with Crippen LogP contribution in [0.3, 0.4) is 0 Å².